The number of amides is 3. The highest BCUT2D eigenvalue weighted by Crippen LogP contribution is 2.15. The van der Waals surface area contributed by atoms with E-state index in [-0.39, 0.29) is 23.7 Å². The van der Waals surface area contributed by atoms with Crippen LogP contribution >= 0.6 is 0 Å². The van der Waals surface area contributed by atoms with Gasteiger partial charge in [0.2, 0.25) is 0 Å². The summed E-state index contributed by atoms with van der Waals surface area (Å²) in [5.74, 6) is -1.96. The molecule has 0 heterocycles. The van der Waals surface area contributed by atoms with Gasteiger partial charge in [-0.15, -0.1) is 6.58 Å². The van der Waals surface area contributed by atoms with E-state index in [2.05, 4.69) is 22.5 Å². The van der Waals surface area contributed by atoms with Crippen LogP contribution in [0.3, 0.4) is 0 Å². The molecule has 0 bridgehead atoms. The van der Waals surface area contributed by atoms with Gasteiger partial charge in [0.05, 0.1) is 11.3 Å². The van der Waals surface area contributed by atoms with Crippen molar-refractivity contribution in [2.45, 2.75) is 13.5 Å². The second-order valence-corrected chi connectivity index (χ2v) is 5.61. The number of aryl methyl sites for hydroxylation is 1. The van der Waals surface area contributed by atoms with E-state index in [1.165, 1.54) is 0 Å². The lowest BCUT2D eigenvalue weighted by molar-refractivity contribution is -0.136. The Morgan fingerprint density at radius 2 is 1.65 bits per heavy atom. The molecule has 0 radical (unpaired) electrons. The maximum Gasteiger partial charge on any atom is 0.313 e. The predicted molar refractivity (Wildman–Crippen MR) is 101 cm³/mol. The fraction of sp³-hybridized carbons (Fsp3) is 0.150. The van der Waals surface area contributed by atoms with Crippen LogP contribution in [0.25, 0.3) is 0 Å². The molecule has 0 saturated heterocycles. The Bertz CT molecular complexity index is 831. The molecule has 2 aromatic rings. The topological polar surface area (TPSA) is 87.3 Å². The van der Waals surface area contributed by atoms with Crippen molar-refractivity contribution in [3.63, 3.8) is 0 Å². The summed E-state index contributed by atoms with van der Waals surface area (Å²) in [7, 11) is 0. The van der Waals surface area contributed by atoms with Gasteiger partial charge in [0.1, 0.15) is 0 Å². The molecule has 0 fully saturated rings. The minimum Gasteiger partial charge on any atom is -0.349 e. The summed E-state index contributed by atoms with van der Waals surface area (Å²) < 4.78 is 0. The van der Waals surface area contributed by atoms with E-state index in [1.807, 2.05) is 31.2 Å². The second kappa shape index (κ2) is 9.17. The number of benzene rings is 2. The zero-order chi connectivity index (χ0) is 18.9. The Kier molecular flexibility index (Phi) is 6.68. The minimum absolute atomic E-state index is 0.250. The van der Waals surface area contributed by atoms with Gasteiger partial charge in [-0.1, -0.05) is 42.5 Å². The third-order valence-corrected chi connectivity index (χ3v) is 3.73. The molecule has 6 heteroatoms. The quantitative estimate of drug-likeness (QED) is 0.551. The summed E-state index contributed by atoms with van der Waals surface area (Å²) in [4.78, 5) is 36.3. The van der Waals surface area contributed by atoms with E-state index in [0.29, 0.717) is 6.54 Å². The summed E-state index contributed by atoms with van der Waals surface area (Å²) in [6, 6.07) is 14.1. The van der Waals surface area contributed by atoms with Crippen LogP contribution in [-0.4, -0.2) is 24.3 Å². The third kappa shape index (κ3) is 5.04. The summed E-state index contributed by atoms with van der Waals surface area (Å²) in [5, 5.41) is 7.69. The summed E-state index contributed by atoms with van der Waals surface area (Å²) in [5.41, 5.74) is 2.50. The van der Waals surface area contributed by atoms with Crippen molar-refractivity contribution in [1.29, 1.82) is 0 Å². The first kappa shape index (κ1) is 18.9. The summed E-state index contributed by atoms with van der Waals surface area (Å²) in [6.45, 7) is 6.02. The third-order valence-electron chi connectivity index (χ3n) is 3.73. The van der Waals surface area contributed by atoms with Gasteiger partial charge in [0, 0.05) is 13.1 Å². The lowest BCUT2D eigenvalue weighted by Gasteiger charge is -2.11. The van der Waals surface area contributed by atoms with E-state index in [1.54, 1.807) is 30.3 Å². The zero-order valence-corrected chi connectivity index (χ0v) is 14.5. The summed E-state index contributed by atoms with van der Waals surface area (Å²) >= 11 is 0. The molecule has 2 aromatic carbocycles. The van der Waals surface area contributed by atoms with E-state index >= 15 is 0 Å². The molecule has 2 rings (SSSR count). The second-order valence-electron chi connectivity index (χ2n) is 5.61. The average Bonchev–Trinajstić information content (AvgIpc) is 2.65. The van der Waals surface area contributed by atoms with Gasteiger partial charge in [-0.25, -0.2) is 0 Å². The van der Waals surface area contributed by atoms with Crippen molar-refractivity contribution < 1.29 is 14.4 Å². The van der Waals surface area contributed by atoms with Crippen LogP contribution in [0.5, 0.6) is 0 Å². The Hall–Kier alpha value is -3.41. The average molecular weight is 351 g/mol. The highest BCUT2D eigenvalue weighted by atomic mass is 16.2. The van der Waals surface area contributed by atoms with Crippen LogP contribution in [0.15, 0.2) is 61.2 Å². The fourth-order valence-corrected chi connectivity index (χ4v) is 2.29. The Morgan fingerprint density at radius 3 is 2.38 bits per heavy atom. The van der Waals surface area contributed by atoms with E-state index < -0.39 is 11.8 Å². The van der Waals surface area contributed by atoms with Crippen molar-refractivity contribution in [3.05, 3.63) is 77.9 Å². The monoisotopic (exact) mass is 351 g/mol. The van der Waals surface area contributed by atoms with Crippen LogP contribution in [0.4, 0.5) is 5.69 Å². The van der Waals surface area contributed by atoms with Crippen LogP contribution in [0, 0.1) is 6.92 Å². The number of hydrogen-bond donors (Lipinski definition) is 3. The van der Waals surface area contributed by atoms with Gasteiger partial charge in [-0.2, -0.15) is 0 Å². The molecule has 0 saturated carbocycles. The molecule has 3 amide bonds. The Labute approximate surface area is 152 Å². The van der Waals surface area contributed by atoms with E-state index in [4.69, 9.17) is 0 Å². The molecular formula is C20H21N3O3. The van der Waals surface area contributed by atoms with Gasteiger partial charge in [0.25, 0.3) is 5.91 Å². The predicted octanol–water partition coefficient (Wildman–Crippen LogP) is 2.17. The minimum atomic E-state index is -0.831. The zero-order valence-electron chi connectivity index (χ0n) is 14.5. The molecule has 6 nitrogen and oxygen atoms in total. The maximum atomic E-state index is 12.1. The highest BCUT2D eigenvalue weighted by Gasteiger charge is 2.17. The molecule has 3 N–H and O–H groups in total. The molecule has 0 aliphatic heterocycles. The number of rotatable bonds is 6. The SMILES string of the molecule is C=CCNC(=O)c1ccccc1NC(=O)C(=O)NCc1ccccc1C. The number of nitrogens with one attached hydrogen (secondary N) is 3. The van der Waals surface area contributed by atoms with Crippen LogP contribution < -0.4 is 16.0 Å². The first-order valence-corrected chi connectivity index (χ1v) is 8.14. The van der Waals surface area contributed by atoms with Crippen molar-refractivity contribution in [1.82, 2.24) is 10.6 Å². The number of carbonyl (C=O) groups is 3. The maximum absolute atomic E-state index is 12.1. The normalized spacial score (nSPS) is 9.88. The molecule has 0 atom stereocenters. The van der Waals surface area contributed by atoms with Gasteiger partial charge in [-0.3, -0.25) is 14.4 Å². The Balaban J connectivity index is 2.01. The van der Waals surface area contributed by atoms with Gasteiger partial charge in [-0.05, 0) is 30.2 Å². The number of para-hydroxylation sites is 1. The van der Waals surface area contributed by atoms with Crippen molar-refractivity contribution in [3.8, 4) is 0 Å². The highest BCUT2D eigenvalue weighted by molar-refractivity contribution is 6.40. The molecular weight excluding hydrogens is 330 g/mol. The van der Waals surface area contributed by atoms with Gasteiger partial charge < -0.3 is 16.0 Å². The van der Waals surface area contributed by atoms with E-state index in [9.17, 15) is 14.4 Å². The van der Waals surface area contributed by atoms with Crippen LogP contribution in [0.2, 0.25) is 0 Å². The number of hydrogen-bond acceptors (Lipinski definition) is 3. The first-order chi connectivity index (χ1) is 12.5. The van der Waals surface area contributed by atoms with Crippen LogP contribution in [-0.2, 0) is 16.1 Å². The molecule has 0 aliphatic rings. The molecule has 0 spiro atoms. The van der Waals surface area contributed by atoms with Gasteiger partial charge >= 0.3 is 11.8 Å². The first-order valence-electron chi connectivity index (χ1n) is 8.14. The van der Waals surface area contributed by atoms with Crippen LogP contribution in [0.1, 0.15) is 21.5 Å². The lowest BCUT2D eigenvalue weighted by Crippen LogP contribution is -2.35. The molecule has 26 heavy (non-hydrogen) atoms. The standard InChI is InChI=1S/C20H21N3O3/c1-3-12-21-18(24)16-10-6-7-11-17(16)23-20(26)19(25)22-13-15-9-5-4-8-14(15)2/h3-11H,1,12-13H2,2H3,(H,21,24)(H,22,25)(H,23,26). The number of anilines is 1. The van der Waals surface area contributed by atoms with Crippen molar-refractivity contribution in [2.75, 3.05) is 11.9 Å². The Morgan fingerprint density at radius 1 is 0.962 bits per heavy atom. The largest absolute Gasteiger partial charge is 0.349 e. The molecule has 0 unspecified atom stereocenters. The van der Waals surface area contributed by atoms with Crippen molar-refractivity contribution in [2.24, 2.45) is 0 Å². The fourth-order valence-electron chi connectivity index (χ4n) is 2.29. The van der Waals surface area contributed by atoms with Gasteiger partial charge in [0.15, 0.2) is 0 Å². The van der Waals surface area contributed by atoms with E-state index in [0.717, 1.165) is 11.1 Å². The molecule has 0 aromatic heterocycles. The smallest absolute Gasteiger partial charge is 0.313 e. The lowest BCUT2D eigenvalue weighted by atomic mass is 10.1. The molecule has 0 aliphatic carbocycles. The summed E-state index contributed by atoms with van der Waals surface area (Å²) in [6.07, 6.45) is 1.55. The molecule has 134 valence electrons. The number of carbonyl (C=O) groups excluding carboxylic acids is 3. The van der Waals surface area contributed by atoms with Crippen molar-refractivity contribution >= 4 is 23.4 Å².